The summed E-state index contributed by atoms with van der Waals surface area (Å²) < 4.78 is 13.9. The van der Waals surface area contributed by atoms with Crippen molar-refractivity contribution in [3.05, 3.63) is 64.7 Å². The first-order valence-electron chi connectivity index (χ1n) is 10.1. The fourth-order valence-electron chi connectivity index (χ4n) is 4.42. The highest BCUT2D eigenvalue weighted by Crippen LogP contribution is 2.40. The highest BCUT2D eigenvalue weighted by molar-refractivity contribution is 5.92. The maximum atomic E-state index is 13.9. The number of anilines is 1. The third kappa shape index (κ3) is 3.35. The third-order valence-electron chi connectivity index (χ3n) is 6.10. The summed E-state index contributed by atoms with van der Waals surface area (Å²) in [5, 5.41) is 3.17. The molecule has 1 atom stereocenters. The van der Waals surface area contributed by atoms with Crippen molar-refractivity contribution in [2.24, 2.45) is 10.7 Å². The van der Waals surface area contributed by atoms with Gasteiger partial charge in [0.15, 0.2) is 5.96 Å². The van der Waals surface area contributed by atoms with Gasteiger partial charge in [0.25, 0.3) is 0 Å². The van der Waals surface area contributed by atoms with Gasteiger partial charge in [0, 0.05) is 31.7 Å². The van der Waals surface area contributed by atoms with E-state index < -0.39 is 0 Å². The first-order chi connectivity index (χ1) is 14.1. The van der Waals surface area contributed by atoms with Crippen LogP contribution < -0.4 is 16.0 Å². The molecule has 0 radical (unpaired) electrons. The lowest BCUT2D eigenvalue weighted by atomic mass is 9.84. The molecule has 0 amide bonds. The molecule has 1 saturated heterocycles. The smallest absolute Gasteiger partial charge is 0.194 e. The zero-order valence-corrected chi connectivity index (χ0v) is 16.5. The molecule has 150 valence electrons. The Morgan fingerprint density at radius 2 is 1.93 bits per heavy atom. The number of rotatable bonds is 2. The third-order valence-corrected chi connectivity index (χ3v) is 6.10. The van der Waals surface area contributed by atoms with Gasteiger partial charge in [0.2, 0.25) is 0 Å². The number of hydrogen-bond donors (Lipinski definition) is 2. The van der Waals surface area contributed by atoms with E-state index in [4.69, 9.17) is 10.7 Å². The molecule has 1 fully saturated rings. The summed E-state index contributed by atoms with van der Waals surface area (Å²) in [6.07, 6.45) is 3.65. The topological polar surface area (TPSA) is 69.8 Å². The number of piperazine rings is 1. The lowest BCUT2D eigenvalue weighted by Crippen LogP contribution is -2.44. The number of nitrogens with two attached hydrogens (primary N) is 1. The molecule has 2 aromatic rings. The van der Waals surface area contributed by atoms with Crippen LogP contribution in [0.3, 0.4) is 0 Å². The van der Waals surface area contributed by atoms with Gasteiger partial charge < -0.3 is 20.9 Å². The number of nitrogens with one attached hydrogen (secondary N) is 1. The molecule has 1 aromatic carbocycles. The van der Waals surface area contributed by atoms with Gasteiger partial charge in [-0.1, -0.05) is 6.07 Å². The predicted octanol–water partition coefficient (Wildman–Crippen LogP) is 2.29. The zero-order chi connectivity index (χ0) is 20.0. The SMILES string of the molecule is CN1CCN(c2ccc(C3N=C(N)NC4=C3CCc3ccc(F)cc34)nc2)CC1. The van der Waals surface area contributed by atoms with Crippen molar-refractivity contribution in [1.82, 2.24) is 15.2 Å². The Labute approximate surface area is 169 Å². The summed E-state index contributed by atoms with van der Waals surface area (Å²) in [5.74, 6) is 0.0994. The molecular formula is C22H25FN6. The number of guanidine groups is 1. The van der Waals surface area contributed by atoms with Gasteiger partial charge in [-0.15, -0.1) is 0 Å². The van der Waals surface area contributed by atoms with Crippen molar-refractivity contribution < 1.29 is 4.39 Å². The molecule has 7 heteroatoms. The molecule has 2 aliphatic heterocycles. The largest absolute Gasteiger partial charge is 0.370 e. The Kier molecular flexibility index (Phi) is 4.47. The second-order valence-electron chi connectivity index (χ2n) is 7.98. The number of nitrogens with zero attached hydrogens (tertiary/aromatic N) is 4. The van der Waals surface area contributed by atoms with Crippen molar-refractivity contribution >= 4 is 17.3 Å². The number of pyridine rings is 1. The maximum Gasteiger partial charge on any atom is 0.194 e. The van der Waals surface area contributed by atoms with E-state index in [1.54, 1.807) is 6.07 Å². The van der Waals surface area contributed by atoms with E-state index >= 15 is 0 Å². The summed E-state index contributed by atoms with van der Waals surface area (Å²) in [6.45, 7) is 4.13. The van der Waals surface area contributed by atoms with Gasteiger partial charge in [0.1, 0.15) is 11.9 Å². The van der Waals surface area contributed by atoms with Crippen molar-refractivity contribution in [2.45, 2.75) is 18.9 Å². The number of aryl methyl sites for hydroxylation is 1. The van der Waals surface area contributed by atoms with E-state index in [0.717, 1.165) is 72.8 Å². The van der Waals surface area contributed by atoms with Crippen molar-refractivity contribution in [1.29, 1.82) is 0 Å². The Balaban J connectivity index is 1.46. The lowest BCUT2D eigenvalue weighted by molar-refractivity contribution is 0.313. The predicted molar refractivity (Wildman–Crippen MR) is 113 cm³/mol. The summed E-state index contributed by atoms with van der Waals surface area (Å²) >= 11 is 0. The van der Waals surface area contributed by atoms with Crippen LogP contribution in [0.15, 0.2) is 47.1 Å². The number of likely N-dealkylation sites (N-methyl/N-ethyl adjacent to an activating group) is 1. The number of hydrogen-bond acceptors (Lipinski definition) is 6. The number of benzene rings is 1. The Bertz CT molecular complexity index is 989. The molecule has 1 aliphatic carbocycles. The van der Waals surface area contributed by atoms with E-state index in [-0.39, 0.29) is 11.9 Å². The van der Waals surface area contributed by atoms with Crippen LogP contribution in [0, 0.1) is 5.82 Å². The molecule has 3 heterocycles. The Morgan fingerprint density at radius 1 is 1.10 bits per heavy atom. The minimum absolute atomic E-state index is 0.232. The summed E-state index contributed by atoms with van der Waals surface area (Å²) in [5.41, 5.74) is 12.1. The average Bonchev–Trinajstić information content (AvgIpc) is 2.74. The normalized spacial score (nSPS) is 21.9. The van der Waals surface area contributed by atoms with Gasteiger partial charge >= 0.3 is 0 Å². The number of aliphatic imine (C=N–C) groups is 1. The molecule has 6 nitrogen and oxygen atoms in total. The zero-order valence-electron chi connectivity index (χ0n) is 16.5. The Hall–Kier alpha value is -2.93. The number of aromatic nitrogens is 1. The van der Waals surface area contributed by atoms with Crippen LogP contribution in [0.4, 0.5) is 10.1 Å². The quantitative estimate of drug-likeness (QED) is 0.821. The fraction of sp³-hybridized carbons (Fsp3) is 0.364. The molecular weight excluding hydrogens is 367 g/mol. The van der Waals surface area contributed by atoms with Crippen LogP contribution in [-0.4, -0.2) is 49.1 Å². The average molecular weight is 392 g/mol. The van der Waals surface area contributed by atoms with E-state index in [9.17, 15) is 4.39 Å². The monoisotopic (exact) mass is 392 g/mol. The molecule has 1 aromatic heterocycles. The molecule has 0 spiro atoms. The highest BCUT2D eigenvalue weighted by atomic mass is 19.1. The molecule has 0 bridgehead atoms. The summed E-state index contributed by atoms with van der Waals surface area (Å²) in [4.78, 5) is 14.1. The minimum atomic E-state index is -0.244. The lowest BCUT2D eigenvalue weighted by Gasteiger charge is -2.34. The van der Waals surface area contributed by atoms with Crippen LogP contribution in [0.2, 0.25) is 0 Å². The van der Waals surface area contributed by atoms with Gasteiger partial charge in [-0.05, 0) is 55.3 Å². The maximum absolute atomic E-state index is 13.9. The number of halogens is 1. The van der Waals surface area contributed by atoms with E-state index in [1.165, 1.54) is 6.07 Å². The molecule has 3 N–H and O–H groups in total. The highest BCUT2D eigenvalue weighted by Gasteiger charge is 2.30. The fourth-order valence-corrected chi connectivity index (χ4v) is 4.42. The van der Waals surface area contributed by atoms with Gasteiger partial charge in [-0.3, -0.25) is 4.98 Å². The summed E-state index contributed by atoms with van der Waals surface area (Å²) in [7, 11) is 2.15. The van der Waals surface area contributed by atoms with Gasteiger partial charge in [0.05, 0.1) is 23.3 Å². The molecule has 3 aliphatic rings. The van der Waals surface area contributed by atoms with E-state index in [0.29, 0.717) is 5.96 Å². The van der Waals surface area contributed by atoms with E-state index in [2.05, 4.69) is 33.2 Å². The molecule has 0 saturated carbocycles. The standard InChI is InChI=1S/C22H25FN6/c1-28-8-10-29(11-9-28)16-5-7-19(25-13-16)21-17-6-3-14-2-4-15(23)12-18(14)20(17)26-22(24)27-21/h2,4-5,7,12-13,21H,3,6,8-11H2,1H3,(H3,24,26,27). The van der Waals surface area contributed by atoms with Crippen LogP contribution in [-0.2, 0) is 6.42 Å². The molecule has 29 heavy (non-hydrogen) atoms. The summed E-state index contributed by atoms with van der Waals surface area (Å²) in [6, 6.07) is 8.89. The molecule has 1 unspecified atom stereocenters. The molecule has 5 rings (SSSR count). The second kappa shape index (κ2) is 7.15. The van der Waals surface area contributed by atoms with Crippen molar-refractivity contribution in [3.8, 4) is 0 Å². The first kappa shape index (κ1) is 18.1. The minimum Gasteiger partial charge on any atom is -0.370 e. The van der Waals surface area contributed by atoms with Crippen LogP contribution >= 0.6 is 0 Å². The van der Waals surface area contributed by atoms with Crippen LogP contribution in [0.1, 0.15) is 29.3 Å². The number of fused-ring (bicyclic) bond motifs is 2. The second-order valence-corrected chi connectivity index (χ2v) is 7.98. The first-order valence-corrected chi connectivity index (χ1v) is 10.1. The van der Waals surface area contributed by atoms with Crippen LogP contribution in [0.25, 0.3) is 5.70 Å². The Morgan fingerprint density at radius 3 is 2.69 bits per heavy atom. The van der Waals surface area contributed by atoms with Gasteiger partial charge in [-0.25, -0.2) is 9.38 Å². The van der Waals surface area contributed by atoms with E-state index in [1.807, 2.05) is 18.3 Å². The van der Waals surface area contributed by atoms with Gasteiger partial charge in [-0.2, -0.15) is 0 Å². The van der Waals surface area contributed by atoms with Crippen molar-refractivity contribution in [2.75, 3.05) is 38.1 Å². The van der Waals surface area contributed by atoms with Crippen molar-refractivity contribution in [3.63, 3.8) is 0 Å². The van der Waals surface area contributed by atoms with Crippen LogP contribution in [0.5, 0.6) is 0 Å².